The molecule has 0 aliphatic heterocycles. The maximum atomic E-state index is 6.37. The van der Waals surface area contributed by atoms with E-state index in [4.69, 9.17) is 21.3 Å². The molecule has 0 spiro atoms. The molecule has 2 heterocycles. The number of hydrogen-bond donors (Lipinski definition) is 0. The van der Waals surface area contributed by atoms with Crippen molar-refractivity contribution in [3.05, 3.63) is 47.7 Å². The van der Waals surface area contributed by atoms with Crippen LogP contribution in [0.5, 0.6) is 5.75 Å². The monoisotopic (exact) mass is 353 g/mol. The molecule has 4 aromatic rings. The Bertz CT molecular complexity index is 1070. The summed E-state index contributed by atoms with van der Waals surface area (Å²) in [5.41, 5.74) is 3.36. The van der Waals surface area contributed by atoms with Crippen LogP contribution in [0.2, 0.25) is 5.28 Å². The van der Waals surface area contributed by atoms with Crippen LogP contribution in [0.1, 0.15) is 0 Å². The largest absolute Gasteiger partial charge is 0.497 e. The van der Waals surface area contributed by atoms with E-state index in [1.54, 1.807) is 11.6 Å². The van der Waals surface area contributed by atoms with Gasteiger partial charge < -0.3 is 9.64 Å². The Balaban J connectivity index is 1.97. The summed E-state index contributed by atoms with van der Waals surface area (Å²) in [6.45, 7) is 0. The predicted octanol–water partition coefficient (Wildman–Crippen LogP) is 3.67. The van der Waals surface area contributed by atoms with E-state index in [0.29, 0.717) is 11.5 Å². The second kappa shape index (κ2) is 5.89. The molecular weight excluding hydrogens is 338 g/mol. The molecule has 0 atom stereocenters. The summed E-state index contributed by atoms with van der Waals surface area (Å²) in [6, 6.07) is 13.6. The zero-order valence-electron chi connectivity index (χ0n) is 14.1. The van der Waals surface area contributed by atoms with Crippen LogP contribution < -0.4 is 9.64 Å². The van der Waals surface area contributed by atoms with Crippen LogP contribution >= 0.6 is 11.6 Å². The maximum absolute atomic E-state index is 6.37. The van der Waals surface area contributed by atoms with Crippen LogP contribution in [0.4, 0.5) is 5.69 Å². The van der Waals surface area contributed by atoms with Gasteiger partial charge in [-0.25, -0.2) is 9.97 Å². The zero-order chi connectivity index (χ0) is 17.6. The molecule has 126 valence electrons. The van der Waals surface area contributed by atoms with Gasteiger partial charge in [-0.2, -0.15) is 4.52 Å². The van der Waals surface area contributed by atoms with Crippen LogP contribution in [-0.2, 0) is 0 Å². The van der Waals surface area contributed by atoms with Crippen molar-refractivity contribution in [2.24, 2.45) is 0 Å². The van der Waals surface area contributed by atoms with Crippen LogP contribution in [0, 0.1) is 0 Å². The molecule has 0 amide bonds. The molecule has 2 aromatic heterocycles. The Kier molecular flexibility index (Phi) is 3.69. The average molecular weight is 354 g/mol. The second-order valence-electron chi connectivity index (χ2n) is 5.85. The molecule has 0 fully saturated rings. The standard InChI is InChI=1S/C18H16ClN5O/c1-23(2)14-6-4-5-13-15(14)20-18(19)24-17(13)21-16(22-24)11-7-9-12(25-3)10-8-11/h4-10H,1-3H3. The Labute approximate surface area is 149 Å². The number of anilines is 1. The van der Waals surface area contributed by atoms with Gasteiger partial charge in [0.2, 0.25) is 5.28 Å². The Hall–Kier alpha value is -2.86. The molecule has 0 N–H and O–H groups in total. The number of rotatable bonds is 3. The lowest BCUT2D eigenvalue weighted by atomic mass is 10.2. The van der Waals surface area contributed by atoms with Gasteiger partial charge in [0.25, 0.3) is 0 Å². The topological polar surface area (TPSA) is 55.5 Å². The maximum Gasteiger partial charge on any atom is 0.226 e. The highest BCUT2D eigenvalue weighted by atomic mass is 35.5. The van der Waals surface area contributed by atoms with Crippen molar-refractivity contribution >= 4 is 33.8 Å². The van der Waals surface area contributed by atoms with E-state index >= 15 is 0 Å². The number of hydrogen-bond acceptors (Lipinski definition) is 5. The van der Waals surface area contributed by atoms with Gasteiger partial charge in [-0.05, 0) is 48.0 Å². The first-order valence-corrected chi connectivity index (χ1v) is 8.13. The van der Waals surface area contributed by atoms with Crippen molar-refractivity contribution in [2.75, 3.05) is 26.1 Å². The van der Waals surface area contributed by atoms with Crippen molar-refractivity contribution in [3.63, 3.8) is 0 Å². The molecule has 0 saturated carbocycles. The van der Waals surface area contributed by atoms with Gasteiger partial charge >= 0.3 is 0 Å². The minimum Gasteiger partial charge on any atom is -0.497 e. The number of fused-ring (bicyclic) bond motifs is 3. The molecular formula is C18H16ClN5O. The van der Waals surface area contributed by atoms with E-state index in [-0.39, 0.29) is 5.28 Å². The van der Waals surface area contributed by atoms with Crippen molar-refractivity contribution < 1.29 is 4.74 Å². The fourth-order valence-electron chi connectivity index (χ4n) is 2.81. The molecule has 0 aliphatic rings. The Morgan fingerprint density at radius 2 is 1.80 bits per heavy atom. The molecule has 0 bridgehead atoms. The molecule has 25 heavy (non-hydrogen) atoms. The second-order valence-corrected chi connectivity index (χ2v) is 6.19. The molecule has 0 unspecified atom stereocenters. The smallest absolute Gasteiger partial charge is 0.226 e. The first-order valence-electron chi connectivity index (χ1n) is 7.75. The van der Waals surface area contributed by atoms with E-state index in [9.17, 15) is 0 Å². The van der Waals surface area contributed by atoms with Gasteiger partial charge in [0.05, 0.1) is 12.8 Å². The molecule has 0 aliphatic carbocycles. The minimum absolute atomic E-state index is 0.282. The fraction of sp³-hybridized carbons (Fsp3) is 0.167. The summed E-state index contributed by atoms with van der Waals surface area (Å²) in [7, 11) is 5.58. The lowest BCUT2D eigenvalue weighted by molar-refractivity contribution is 0.415. The van der Waals surface area contributed by atoms with E-state index in [1.165, 1.54) is 0 Å². The molecule has 4 rings (SSSR count). The number of para-hydroxylation sites is 1. The highest BCUT2D eigenvalue weighted by Gasteiger charge is 2.16. The summed E-state index contributed by atoms with van der Waals surface area (Å²) in [6.07, 6.45) is 0. The number of methoxy groups -OCH3 is 1. The predicted molar refractivity (Wildman–Crippen MR) is 99.6 cm³/mol. The van der Waals surface area contributed by atoms with E-state index in [1.807, 2.05) is 61.5 Å². The third-order valence-corrected chi connectivity index (χ3v) is 4.32. The summed E-state index contributed by atoms with van der Waals surface area (Å²) in [4.78, 5) is 11.2. The quantitative estimate of drug-likeness (QED) is 0.526. The van der Waals surface area contributed by atoms with E-state index in [2.05, 4.69) is 10.1 Å². The lowest BCUT2D eigenvalue weighted by Gasteiger charge is -2.14. The minimum atomic E-state index is 0.282. The summed E-state index contributed by atoms with van der Waals surface area (Å²) < 4.78 is 6.77. The van der Waals surface area contributed by atoms with Gasteiger partial charge in [-0.1, -0.05) is 6.07 Å². The third-order valence-electron chi connectivity index (χ3n) is 4.07. The fourth-order valence-corrected chi connectivity index (χ4v) is 3.01. The van der Waals surface area contributed by atoms with Gasteiger partial charge in [-0.3, -0.25) is 0 Å². The van der Waals surface area contributed by atoms with Crippen molar-refractivity contribution in [3.8, 4) is 17.1 Å². The van der Waals surface area contributed by atoms with Crippen molar-refractivity contribution in [1.82, 2.24) is 19.6 Å². The van der Waals surface area contributed by atoms with Gasteiger partial charge in [0, 0.05) is 25.0 Å². The van der Waals surface area contributed by atoms with E-state index in [0.717, 1.165) is 27.9 Å². The number of benzene rings is 2. The van der Waals surface area contributed by atoms with Gasteiger partial charge in [0.1, 0.15) is 11.3 Å². The molecule has 0 radical (unpaired) electrons. The summed E-state index contributed by atoms with van der Waals surface area (Å²) in [5.74, 6) is 1.38. The van der Waals surface area contributed by atoms with Crippen molar-refractivity contribution in [1.29, 1.82) is 0 Å². The average Bonchev–Trinajstić information content (AvgIpc) is 3.07. The Morgan fingerprint density at radius 3 is 2.48 bits per heavy atom. The molecule has 2 aromatic carbocycles. The van der Waals surface area contributed by atoms with Crippen molar-refractivity contribution in [2.45, 2.75) is 0 Å². The zero-order valence-corrected chi connectivity index (χ0v) is 14.8. The summed E-state index contributed by atoms with van der Waals surface area (Å²) in [5, 5.41) is 5.71. The SMILES string of the molecule is COc1ccc(-c2nc3c4cccc(N(C)C)c4nc(Cl)n3n2)cc1. The summed E-state index contributed by atoms with van der Waals surface area (Å²) >= 11 is 6.37. The van der Waals surface area contributed by atoms with Crippen LogP contribution in [0.3, 0.4) is 0 Å². The highest BCUT2D eigenvalue weighted by molar-refractivity contribution is 6.29. The number of aromatic nitrogens is 4. The molecule has 0 saturated heterocycles. The number of halogens is 1. The molecule has 6 nitrogen and oxygen atoms in total. The van der Waals surface area contributed by atoms with Crippen LogP contribution in [0.25, 0.3) is 27.9 Å². The van der Waals surface area contributed by atoms with E-state index < -0.39 is 0 Å². The number of ether oxygens (including phenoxy) is 1. The van der Waals surface area contributed by atoms with Crippen LogP contribution in [0.15, 0.2) is 42.5 Å². The molecule has 7 heteroatoms. The Morgan fingerprint density at radius 1 is 1.04 bits per heavy atom. The van der Waals surface area contributed by atoms with Gasteiger partial charge in [-0.15, -0.1) is 5.10 Å². The lowest BCUT2D eigenvalue weighted by Crippen LogP contribution is -2.10. The first-order chi connectivity index (χ1) is 12.1. The first kappa shape index (κ1) is 15.7. The van der Waals surface area contributed by atoms with Crippen LogP contribution in [-0.4, -0.2) is 40.8 Å². The van der Waals surface area contributed by atoms with Gasteiger partial charge in [0.15, 0.2) is 11.5 Å². The third kappa shape index (κ3) is 2.55. The number of nitrogens with zero attached hydrogens (tertiary/aromatic N) is 5. The normalized spacial score (nSPS) is 11.2. The highest BCUT2D eigenvalue weighted by Crippen LogP contribution is 2.29.